The molecule has 0 aliphatic carbocycles. The third-order valence-corrected chi connectivity index (χ3v) is 2.12. The zero-order chi connectivity index (χ0) is 7.56. The molecule has 1 aromatic heterocycles. The first kappa shape index (κ1) is 7.53. The van der Waals surface area contributed by atoms with Gasteiger partial charge >= 0.3 is 7.12 Å². The van der Waals surface area contributed by atoms with Crippen LogP contribution in [-0.2, 0) is 0 Å². The van der Waals surface area contributed by atoms with Crippen LogP contribution < -0.4 is 5.46 Å². The van der Waals surface area contributed by atoms with Crippen LogP contribution in [0.5, 0.6) is 0 Å². The molecular weight excluding hydrogens is 147 g/mol. The minimum atomic E-state index is -1.38. The van der Waals surface area contributed by atoms with Crippen molar-refractivity contribution >= 4 is 30.0 Å². The summed E-state index contributed by atoms with van der Waals surface area (Å²) in [5, 5.41) is 19.3. The molecule has 0 aromatic carbocycles. The fourth-order valence-corrected chi connectivity index (χ4v) is 1.48. The van der Waals surface area contributed by atoms with Gasteiger partial charge in [0.25, 0.3) is 0 Å². The van der Waals surface area contributed by atoms with Gasteiger partial charge in [0.1, 0.15) is 0 Å². The summed E-state index contributed by atoms with van der Waals surface area (Å²) in [6.07, 6.45) is 1.61. The van der Waals surface area contributed by atoms with Crippen molar-refractivity contribution in [2.24, 2.45) is 0 Å². The Bertz CT molecular complexity index is 231. The Kier molecular flexibility index (Phi) is 2.27. The highest BCUT2D eigenvalue weighted by molar-refractivity contribution is 7.12. The van der Waals surface area contributed by atoms with Gasteiger partial charge in [0.2, 0.25) is 0 Å². The molecule has 2 N–H and O–H groups in total. The van der Waals surface area contributed by atoms with Gasteiger partial charge in [-0.15, -0.1) is 11.3 Å². The van der Waals surface area contributed by atoms with Crippen molar-refractivity contribution in [1.29, 1.82) is 0 Å². The lowest BCUT2D eigenvalue weighted by Crippen LogP contribution is -2.29. The average Bonchev–Trinajstić information content (AvgIpc) is 2.33. The van der Waals surface area contributed by atoms with Gasteiger partial charge in [-0.05, 0) is 5.38 Å². The molecule has 0 radical (unpaired) electrons. The van der Waals surface area contributed by atoms with E-state index in [1.165, 1.54) is 11.3 Å². The van der Waals surface area contributed by atoms with Crippen LogP contribution in [0.1, 0.15) is 4.88 Å². The second-order valence-electron chi connectivity index (χ2n) is 1.82. The van der Waals surface area contributed by atoms with Crippen molar-refractivity contribution in [2.45, 2.75) is 0 Å². The fourth-order valence-electron chi connectivity index (χ4n) is 0.710. The Morgan fingerprint density at radius 3 is 2.70 bits per heavy atom. The number of hydrogen-bond donors (Lipinski definition) is 2. The molecule has 1 aromatic rings. The van der Waals surface area contributed by atoms with E-state index in [9.17, 15) is 0 Å². The summed E-state index contributed by atoms with van der Waals surface area (Å²) < 4.78 is 0. The van der Waals surface area contributed by atoms with Crippen LogP contribution in [0.15, 0.2) is 18.0 Å². The normalized spacial score (nSPS) is 9.40. The van der Waals surface area contributed by atoms with E-state index in [4.69, 9.17) is 10.0 Å². The number of thiophene rings is 1. The van der Waals surface area contributed by atoms with Crippen LogP contribution in [-0.4, -0.2) is 17.2 Å². The second-order valence-corrected chi connectivity index (χ2v) is 2.77. The van der Waals surface area contributed by atoms with Crippen molar-refractivity contribution in [2.75, 3.05) is 0 Å². The van der Waals surface area contributed by atoms with Crippen LogP contribution in [0, 0.1) is 0 Å². The molecule has 0 unspecified atom stereocenters. The zero-order valence-electron chi connectivity index (χ0n) is 5.32. The topological polar surface area (TPSA) is 40.5 Å². The standard InChI is InChI=1S/C6H7BO2S/c1-2-6-5(7(8)9)3-4-10-6/h2-4,8-9H,1H2. The predicted molar refractivity (Wildman–Crippen MR) is 44.2 cm³/mol. The molecule has 0 aliphatic heterocycles. The Balaban J connectivity index is 3.01. The predicted octanol–water partition coefficient (Wildman–Crippen LogP) is 0.0709. The lowest BCUT2D eigenvalue weighted by molar-refractivity contribution is 0.426. The van der Waals surface area contributed by atoms with Gasteiger partial charge in [0.15, 0.2) is 0 Å². The Morgan fingerprint density at radius 2 is 2.30 bits per heavy atom. The van der Waals surface area contributed by atoms with E-state index in [0.29, 0.717) is 5.46 Å². The number of hydrogen-bond acceptors (Lipinski definition) is 3. The van der Waals surface area contributed by atoms with Crippen LogP contribution in [0.4, 0.5) is 0 Å². The lowest BCUT2D eigenvalue weighted by Gasteiger charge is -1.94. The van der Waals surface area contributed by atoms with E-state index < -0.39 is 7.12 Å². The molecule has 0 saturated heterocycles. The van der Waals surface area contributed by atoms with Crippen molar-refractivity contribution in [3.63, 3.8) is 0 Å². The van der Waals surface area contributed by atoms with Gasteiger partial charge in [-0.25, -0.2) is 0 Å². The highest BCUT2D eigenvalue weighted by atomic mass is 32.1. The van der Waals surface area contributed by atoms with E-state index >= 15 is 0 Å². The maximum Gasteiger partial charge on any atom is 0.489 e. The Morgan fingerprint density at radius 1 is 1.60 bits per heavy atom. The van der Waals surface area contributed by atoms with E-state index in [-0.39, 0.29) is 0 Å². The maximum atomic E-state index is 8.74. The third kappa shape index (κ3) is 1.29. The summed E-state index contributed by atoms with van der Waals surface area (Å²) >= 11 is 1.44. The molecule has 0 amide bonds. The van der Waals surface area contributed by atoms with Gasteiger partial charge in [-0.1, -0.05) is 18.7 Å². The lowest BCUT2D eigenvalue weighted by atomic mass is 9.81. The Labute approximate surface area is 63.6 Å². The zero-order valence-corrected chi connectivity index (χ0v) is 6.14. The molecule has 52 valence electrons. The van der Waals surface area contributed by atoms with E-state index in [2.05, 4.69) is 6.58 Å². The molecule has 0 aliphatic rings. The first-order chi connectivity index (χ1) is 4.75. The largest absolute Gasteiger partial charge is 0.489 e. The van der Waals surface area contributed by atoms with E-state index in [1.54, 1.807) is 17.5 Å². The minimum Gasteiger partial charge on any atom is -0.423 e. The quantitative estimate of drug-likeness (QED) is 0.591. The third-order valence-electron chi connectivity index (χ3n) is 1.19. The molecule has 0 bridgehead atoms. The molecule has 4 heteroatoms. The maximum absolute atomic E-state index is 8.74. The SMILES string of the molecule is C=Cc1sccc1B(O)O. The van der Waals surface area contributed by atoms with Crippen molar-refractivity contribution in [1.82, 2.24) is 0 Å². The molecule has 0 spiro atoms. The summed E-state index contributed by atoms with van der Waals surface area (Å²) in [5.74, 6) is 0. The highest BCUT2D eigenvalue weighted by Crippen LogP contribution is 2.07. The van der Waals surface area contributed by atoms with Crippen LogP contribution in [0.3, 0.4) is 0 Å². The summed E-state index contributed by atoms with van der Waals surface area (Å²) in [6, 6.07) is 1.67. The van der Waals surface area contributed by atoms with E-state index in [1.807, 2.05) is 0 Å². The van der Waals surface area contributed by atoms with E-state index in [0.717, 1.165) is 4.88 Å². The van der Waals surface area contributed by atoms with Crippen molar-refractivity contribution in [3.05, 3.63) is 22.9 Å². The molecule has 2 nitrogen and oxygen atoms in total. The molecule has 10 heavy (non-hydrogen) atoms. The number of rotatable bonds is 2. The van der Waals surface area contributed by atoms with Gasteiger partial charge in [-0.2, -0.15) is 0 Å². The van der Waals surface area contributed by atoms with Crippen molar-refractivity contribution < 1.29 is 10.0 Å². The summed E-state index contributed by atoms with van der Waals surface area (Å²) in [4.78, 5) is 0.815. The van der Waals surface area contributed by atoms with Crippen LogP contribution in [0.2, 0.25) is 0 Å². The summed E-state index contributed by atoms with van der Waals surface area (Å²) in [5.41, 5.74) is 0.528. The molecule has 0 fully saturated rings. The minimum absolute atomic E-state index is 0.528. The average molecular weight is 154 g/mol. The first-order valence-electron chi connectivity index (χ1n) is 2.81. The van der Waals surface area contributed by atoms with Gasteiger partial charge < -0.3 is 10.0 Å². The fraction of sp³-hybridized carbons (Fsp3) is 0. The molecule has 1 rings (SSSR count). The molecule has 0 atom stereocenters. The first-order valence-corrected chi connectivity index (χ1v) is 3.69. The smallest absolute Gasteiger partial charge is 0.423 e. The van der Waals surface area contributed by atoms with Gasteiger partial charge in [-0.3, -0.25) is 0 Å². The van der Waals surface area contributed by atoms with Gasteiger partial charge in [0.05, 0.1) is 0 Å². The monoisotopic (exact) mass is 154 g/mol. The van der Waals surface area contributed by atoms with Crippen LogP contribution >= 0.6 is 11.3 Å². The second kappa shape index (κ2) is 3.01. The van der Waals surface area contributed by atoms with Crippen molar-refractivity contribution in [3.8, 4) is 0 Å². The highest BCUT2D eigenvalue weighted by Gasteiger charge is 2.14. The molecule has 0 saturated carbocycles. The molecule has 1 heterocycles. The van der Waals surface area contributed by atoms with Gasteiger partial charge in [0, 0.05) is 10.3 Å². The van der Waals surface area contributed by atoms with Crippen LogP contribution in [0.25, 0.3) is 6.08 Å². The summed E-state index contributed by atoms with van der Waals surface area (Å²) in [6.45, 7) is 3.53. The molecular formula is C6H7BO2S. The summed E-state index contributed by atoms with van der Waals surface area (Å²) in [7, 11) is -1.38. The Hall–Kier alpha value is -0.575.